The summed E-state index contributed by atoms with van der Waals surface area (Å²) in [7, 11) is 0. The van der Waals surface area contributed by atoms with Crippen LogP contribution in [0.4, 0.5) is 0 Å². The molecule has 5 unspecified atom stereocenters. The minimum Gasteiger partial charge on any atom is -0.467 e. The molecule has 0 radical (unpaired) electrons. The molecular weight excluding hydrogens is 262 g/mol. The molecule has 0 aromatic carbocycles. The molecule has 1 heterocycles. The fraction of sp³-hybridized carbons (Fsp3) is 0.778. The predicted molar refractivity (Wildman–Crippen MR) is 85.9 cm³/mol. The maximum absolute atomic E-state index is 6.51. The lowest BCUT2D eigenvalue weighted by molar-refractivity contribution is -0.0971. The van der Waals surface area contributed by atoms with Crippen molar-refractivity contribution in [1.82, 2.24) is 0 Å². The van der Waals surface area contributed by atoms with Gasteiger partial charge in [-0.2, -0.15) is 0 Å². The van der Waals surface area contributed by atoms with Gasteiger partial charge in [0, 0.05) is 6.04 Å². The van der Waals surface area contributed by atoms with Gasteiger partial charge in [-0.1, -0.05) is 34.1 Å². The van der Waals surface area contributed by atoms with Crippen LogP contribution >= 0.6 is 0 Å². The van der Waals surface area contributed by atoms with Crippen LogP contribution in [0.25, 0.3) is 0 Å². The molecule has 0 bridgehead atoms. The summed E-state index contributed by atoms with van der Waals surface area (Å²) in [5.74, 6) is 2.88. The lowest BCUT2D eigenvalue weighted by atomic mass is 9.75. The number of rotatable bonds is 6. The van der Waals surface area contributed by atoms with Gasteiger partial charge in [0.15, 0.2) is 0 Å². The van der Waals surface area contributed by atoms with E-state index in [0.29, 0.717) is 17.9 Å². The minimum absolute atomic E-state index is 0.0128. The smallest absolute Gasteiger partial charge is 0.134 e. The molecule has 3 heteroatoms. The van der Waals surface area contributed by atoms with Crippen LogP contribution in [0.3, 0.4) is 0 Å². The van der Waals surface area contributed by atoms with Crippen molar-refractivity contribution in [3.05, 3.63) is 24.2 Å². The molecule has 120 valence electrons. The van der Waals surface area contributed by atoms with Gasteiger partial charge >= 0.3 is 0 Å². The van der Waals surface area contributed by atoms with E-state index in [4.69, 9.17) is 14.9 Å². The summed E-state index contributed by atoms with van der Waals surface area (Å²) in [5, 5.41) is 0. The van der Waals surface area contributed by atoms with Crippen LogP contribution in [0.5, 0.6) is 0 Å². The molecule has 1 aliphatic rings. The quantitative estimate of drug-likeness (QED) is 0.838. The van der Waals surface area contributed by atoms with E-state index in [1.807, 2.05) is 12.1 Å². The van der Waals surface area contributed by atoms with Gasteiger partial charge in [-0.3, -0.25) is 0 Å². The van der Waals surface area contributed by atoms with Crippen molar-refractivity contribution in [1.29, 1.82) is 0 Å². The van der Waals surface area contributed by atoms with Crippen molar-refractivity contribution in [3.63, 3.8) is 0 Å². The second-order valence-corrected chi connectivity index (χ2v) is 7.01. The first-order chi connectivity index (χ1) is 10.0. The summed E-state index contributed by atoms with van der Waals surface area (Å²) in [6.45, 7) is 9.04. The van der Waals surface area contributed by atoms with Crippen molar-refractivity contribution >= 4 is 0 Å². The van der Waals surface area contributed by atoms with Gasteiger partial charge in [0.25, 0.3) is 0 Å². The Kier molecular flexibility index (Phi) is 5.88. The van der Waals surface area contributed by atoms with Gasteiger partial charge in [0.1, 0.15) is 11.9 Å². The van der Waals surface area contributed by atoms with Crippen LogP contribution in [0.15, 0.2) is 22.8 Å². The van der Waals surface area contributed by atoms with Crippen molar-refractivity contribution in [3.8, 4) is 0 Å². The Hall–Kier alpha value is -0.800. The first kappa shape index (κ1) is 16.6. The van der Waals surface area contributed by atoms with Crippen LogP contribution in [0.1, 0.15) is 65.2 Å². The lowest BCUT2D eigenvalue weighted by Crippen LogP contribution is -2.39. The standard InChI is InChI=1S/C18H31NO2/c1-5-15(19)18(16-7-6-10-20-16)21-17-11-13(4)8-9-14(17)12(2)3/h6-7,10,12-15,17-18H,5,8-9,11,19H2,1-4H3. The highest BCUT2D eigenvalue weighted by Crippen LogP contribution is 2.38. The van der Waals surface area contributed by atoms with Crippen molar-refractivity contribution in [2.45, 2.75) is 71.6 Å². The van der Waals surface area contributed by atoms with E-state index in [2.05, 4.69) is 27.7 Å². The number of hydrogen-bond donors (Lipinski definition) is 1. The molecule has 1 aromatic rings. The van der Waals surface area contributed by atoms with E-state index in [-0.39, 0.29) is 12.1 Å². The Labute approximate surface area is 129 Å². The maximum atomic E-state index is 6.51. The Morgan fingerprint density at radius 2 is 2.14 bits per heavy atom. The first-order valence-corrected chi connectivity index (χ1v) is 8.47. The molecule has 0 spiro atoms. The maximum Gasteiger partial charge on any atom is 0.134 e. The molecule has 0 saturated heterocycles. The van der Waals surface area contributed by atoms with E-state index >= 15 is 0 Å². The summed E-state index contributed by atoms with van der Waals surface area (Å²) in [5.41, 5.74) is 6.30. The highest BCUT2D eigenvalue weighted by Gasteiger charge is 2.35. The molecular formula is C18H31NO2. The third-order valence-corrected chi connectivity index (χ3v) is 4.97. The molecule has 1 fully saturated rings. The Bertz CT molecular complexity index is 401. The average molecular weight is 293 g/mol. The minimum atomic E-state index is -0.124. The zero-order valence-electron chi connectivity index (χ0n) is 13.9. The Balaban J connectivity index is 2.13. The van der Waals surface area contributed by atoms with Gasteiger partial charge in [-0.05, 0) is 49.1 Å². The monoisotopic (exact) mass is 293 g/mol. The van der Waals surface area contributed by atoms with Crippen LogP contribution < -0.4 is 5.73 Å². The van der Waals surface area contributed by atoms with Crippen molar-refractivity contribution < 1.29 is 9.15 Å². The number of ether oxygens (including phenoxy) is 1. The summed E-state index contributed by atoms with van der Waals surface area (Å²) in [6, 6.07) is 3.88. The van der Waals surface area contributed by atoms with E-state index < -0.39 is 0 Å². The summed E-state index contributed by atoms with van der Waals surface area (Å²) < 4.78 is 12.1. The SMILES string of the molecule is CCC(N)C(OC1CC(C)CCC1C(C)C)c1ccco1. The van der Waals surface area contributed by atoms with Crippen molar-refractivity contribution in [2.24, 2.45) is 23.5 Å². The number of furan rings is 1. The lowest BCUT2D eigenvalue weighted by Gasteiger charge is -2.39. The molecule has 2 rings (SSSR count). The van der Waals surface area contributed by atoms with Gasteiger partial charge in [0.2, 0.25) is 0 Å². The van der Waals surface area contributed by atoms with E-state index in [0.717, 1.165) is 24.5 Å². The third-order valence-electron chi connectivity index (χ3n) is 4.97. The van der Waals surface area contributed by atoms with Crippen LogP contribution in [-0.4, -0.2) is 12.1 Å². The molecule has 0 amide bonds. The van der Waals surface area contributed by atoms with E-state index in [1.54, 1.807) is 6.26 Å². The normalized spacial score (nSPS) is 29.5. The fourth-order valence-electron chi connectivity index (χ4n) is 3.51. The molecule has 1 aromatic heterocycles. The molecule has 1 saturated carbocycles. The van der Waals surface area contributed by atoms with Gasteiger partial charge in [-0.25, -0.2) is 0 Å². The zero-order chi connectivity index (χ0) is 15.4. The highest BCUT2D eigenvalue weighted by atomic mass is 16.5. The second kappa shape index (κ2) is 7.46. The number of nitrogens with two attached hydrogens (primary N) is 1. The van der Waals surface area contributed by atoms with Gasteiger partial charge in [-0.15, -0.1) is 0 Å². The van der Waals surface area contributed by atoms with Gasteiger partial charge in [0.05, 0.1) is 12.4 Å². The second-order valence-electron chi connectivity index (χ2n) is 7.01. The molecule has 5 atom stereocenters. The van der Waals surface area contributed by atoms with E-state index in [1.165, 1.54) is 12.8 Å². The molecule has 0 aliphatic heterocycles. The molecule has 21 heavy (non-hydrogen) atoms. The topological polar surface area (TPSA) is 48.4 Å². The third kappa shape index (κ3) is 4.10. The van der Waals surface area contributed by atoms with Crippen LogP contribution in [0, 0.1) is 17.8 Å². The fourth-order valence-corrected chi connectivity index (χ4v) is 3.51. The summed E-state index contributed by atoms with van der Waals surface area (Å²) in [6.07, 6.45) is 6.47. The summed E-state index contributed by atoms with van der Waals surface area (Å²) in [4.78, 5) is 0. The summed E-state index contributed by atoms with van der Waals surface area (Å²) >= 11 is 0. The molecule has 1 aliphatic carbocycles. The molecule has 3 nitrogen and oxygen atoms in total. The highest BCUT2D eigenvalue weighted by molar-refractivity contribution is 5.05. The number of hydrogen-bond acceptors (Lipinski definition) is 3. The average Bonchev–Trinajstić information content (AvgIpc) is 2.97. The van der Waals surface area contributed by atoms with Crippen LogP contribution in [0.2, 0.25) is 0 Å². The van der Waals surface area contributed by atoms with Gasteiger partial charge < -0.3 is 14.9 Å². The predicted octanol–water partition coefficient (Wildman–Crippen LogP) is 4.54. The Morgan fingerprint density at radius 3 is 2.71 bits per heavy atom. The van der Waals surface area contributed by atoms with Crippen LogP contribution in [-0.2, 0) is 4.74 Å². The largest absolute Gasteiger partial charge is 0.467 e. The Morgan fingerprint density at radius 1 is 1.38 bits per heavy atom. The van der Waals surface area contributed by atoms with Crippen molar-refractivity contribution in [2.75, 3.05) is 0 Å². The van der Waals surface area contributed by atoms with E-state index in [9.17, 15) is 0 Å². The zero-order valence-corrected chi connectivity index (χ0v) is 13.9. The first-order valence-electron chi connectivity index (χ1n) is 8.47. The molecule has 2 N–H and O–H groups in total.